The Morgan fingerprint density at radius 3 is 1.26 bits per heavy atom. The minimum Gasteiger partial charge on any atom is -0.391 e. The molecule has 3 N–H and O–H groups in total. The molecule has 0 fully saturated rings. The number of rotatable bonds is 54. The number of unbranched alkanes of at least 4 members (excludes halogenated alkanes) is 31. The number of carbonyl (C=O) groups is 1. The molecule has 70 heavy (non-hydrogen) atoms. The molecule has 0 rings (SSSR count). The molecule has 0 heterocycles. The summed E-state index contributed by atoms with van der Waals surface area (Å²) in [6.07, 6.45) is 69.9. The maximum Gasteiger partial charge on any atom is 0.472 e. The predicted molar refractivity (Wildman–Crippen MR) is 304 cm³/mol. The van der Waals surface area contributed by atoms with E-state index in [1.165, 1.54) is 167 Å². The molecular formula is C61H116N2O6P+. The second-order valence-electron chi connectivity index (χ2n) is 21.3. The highest BCUT2D eigenvalue weighted by atomic mass is 31.2. The third-order valence-corrected chi connectivity index (χ3v) is 14.3. The van der Waals surface area contributed by atoms with Crippen molar-refractivity contribution in [3.05, 3.63) is 60.8 Å². The van der Waals surface area contributed by atoms with Gasteiger partial charge in [-0.2, -0.15) is 0 Å². The van der Waals surface area contributed by atoms with Crippen LogP contribution in [0.2, 0.25) is 0 Å². The van der Waals surface area contributed by atoms with Gasteiger partial charge in [0.2, 0.25) is 5.91 Å². The van der Waals surface area contributed by atoms with Crippen LogP contribution in [-0.4, -0.2) is 73.4 Å². The molecule has 410 valence electrons. The van der Waals surface area contributed by atoms with Gasteiger partial charge >= 0.3 is 7.82 Å². The van der Waals surface area contributed by atoms with Gasteiger partial charge in [-0.25, -0.2) is 4.57 Å². The van der Waals surface area contributed by atoms with E-state index in [1.54, 1.807) is 0 Å². The smallest absolute Gasteiger partial charge is 0.391 e. The summed E-state index contributed by atoms with van der Waals surface area (Å²) < 4.78 is 23.8. The number of carbonyl (C=O) groups excluding carboxylic acids is 1. The van der Waals surface area contributed by atoms with Crippen molar-refractivity contribution in [3.8, 4) is 0 Å². The van der Waals surface area contributed by atoms with E-state index in [9.17, 15) is 19.4 Å². The van der Waals surface area contributed by atoms with E-state index >= 15 is 0 Å². The van der Waals surface area contributed by atoms with Gasteiger partial charge in [-0.1, -0.05) is 267 Å². The molecule has 0 aliphatic rings. The van der Waals surface area contributed by atoms with Crippen LogP contribution in [0.4, 0.5) is 0 Å². The van der Waals surface area contributed by atoms with Crippen molar-refractivity contribution in [2.24, 2.45) is 0 Å². The Kier molecular flexibility index (Phi) is 50.7. The summed E-state index contributed by atoms with van der Waals surface area (Å²) in [5.74, 6) is -0.154. The molecule has 0 bridgehead atoms. The van der Waals surface area contributed by atoms with Crippen LogP contribution < -0.4 is 5.32 Å². The number of aliphatic hydroxyl groups excluding tert-OH is 1. The number of likely N-dealkylation sites (N-methyl/N-ethyl adjacent to an activating group) is 1. The fraction of sp³-hybridized carbons (Fsp3) is 0.820. The Balaban J connectivity index is 4.18. The normalized spacial score (nSPS) is 14.3. The first-order chi connectivity index (χ1) is 34.0. The SMILES string of the molecule is CC/C=C\C/C=C\C/C=C\C/C=C\C/C=C\CCCCCCCCCC(=O)NC(COP(=O)(O)OCC[N+](C)(C)C)C(O)CCCCCCCCCCCCCCCCCCCCCCCCCCC. The number of hydrogen-bond acceptors (Lipinski definition) is 5. The van der Waals surface area contributed by atoms with Crippen molar-refractivity contribution in [3.63, 3.8) is 0 Å². The standard InChI is InChI=1S/C61H115N2O6P/c1-6-8-10-12-14-16-18-20-22-24-26-28-30-31-33-34-36-38-40-42-44-46-48-50-52-54-60(64)59(58-69-70(66,67)68-57-56-63(3,4)5)62-61(65)55-53-51-49-47-45-43-41-39-37-35-32-29-27-25-23-21-19-17-15-13-11-9-7-2/h9,11,15,17,21,23,27,29,35,37,59-60,64H,6-8,10,12-14,16,18-20,22,24-26,28,30-34,36,38-58H2,1-5H3,(H-,62,65,66,67)/p+1/b11-9-,17-15-,23-21-,29-27-,37-35-. The topological polar surface area (TPSA) is 105 Å². The van der Waals surface area contributed by atoms with Crippen LogP contribution in [0.1, 0.15) is 271 Å². The number of hydrogen-bond donors (Lipinski definition) is 3. The first-order valence-electron chi connectivity index (χ1n) is 29.7. The summed E-state index contributed by atoms with van der Waals surface area (Å²) in [6.45, 7) is 4.79. The molecule has 0 radical (unpaired) electrons. The maximum absolute atomic E-state index is 13.0. The zero-order valence-corrected chi connectivity index (χ0v) is 47.7. The number of nitrogens with one attached hydrogen (secondary N) is 1. The van der Waals surface area contributed by atoms with Gasteiger partial charge in [0, 0.05) is 6.42 Å². The molecule has 0 aliphatic carbocycles. The van der Waals surface area contributed by atoms with Gasteiger partial charge in [0.15, 0.2) is 0 Å². The number of phosphoric ester groups is 1. The lowest BCUT2D eigenvalue weighted by Crippen LogP contribution is -2.46. The Bertz CT molecular complexity index is 1320. The zero-order chi connectivity index (χ0) is 51.3. The van der Waals surface area contributed by atoms with Gasteiger partial charge < -0.3 is 19.8 Å². The van der Waals surface area contributed by atoms with Crippen molar-refractivity contribution in [2.45, 2.75) is 283 Å². The fourth-order valence-electron chi connectivity index (χ4n) is 8.66. The molecule has 0 aromatic heterocycles. The van der Waals surface area contributed by atoms with Crippen LogP contribution in [-0.2, 0) is 18.4 Å². The fourth-order valence-corrected chi connectivity index (χ4v) is 9.40. The molecule has 3 unspecified atom stereocenters. The van der Waals surface area contributed by atoms with E-state index < -0.39 is 20.0 Å². The number of amides is 1. The lowest BCUT2D eigenvalue weighted by molar-refractivity contribution is -0.870. The Labute approximate surface area is 434 Å². The molecule has 3 atom stereocenters. The third-order valence-electron chi connectivity index (χ3n) is 13.3. The molecule has 0 saturated carbocycles. The van der Waals surface area contributed by atoms with Crippen molar-refractivity contribution in [1.29, 1.82) is 0 Å². The molecule has 1 amide bonds. The molecule has 0 aromatic rings. The van der Waals surface area contributed by atoms with Crippen LogP contribution in [0.5, 0.6) is 0 Å². The average molecular weight is 1000 g/mol. The van der Waals surface area contributed by atoms with Crippen molar-refractivity contribution in [1.82, 2.24) is 5.32 Å². The summed E-state index contributed by atoms with van der Waals surface area (Å²) >= 11 is 0. The summed E-state index contributed by atoms with van der Waals surface area (Å²) in [7, 11) is 1.61. The first-order valence-corrected chi connectivity index (χ1v) is 31.1. The number of nitrogens with zero attached hydrogens (tertiary/aromatic N) is 1. The van der Waals surface area contributed by atoms with E-state index in [4.69, 9.17) is 9.05 Å². The number of aliphatic hydroxyl groups is 1. The Morgan fingerprint density at radius 1 is 0.500 bits per heavy atom. The number of allylic oxidation sites excluding steroid dienone is 10. The summed E-state index contributed by atoms with van der Waals surface area (Å²) in [4.78, 5) is 23.4. The van der Waals surface area contributed by atoms with Gasteiger partial charge in [0.1, 0.15) is 13.2 Å². The van der Waals surface area contributed by atoms with Gasteiger partial charge in [0.25, 0.3) is 0 Å². The van der Waals surface area contributed by atoms with E-state index in [0.717, 1.165) is 77.0 Å². The lowest BCUT2D eigenvalue weighted by Gasteiger charge is -2.26. The lowest BCUT2D eigenvalue weighted by atomic mass is 10.0. The minimum absolute atomic E-state index is 0.0702. The second-order valence-corrected chi connectivity index (χ2v) is 22.8. The molecule has 8 nitrogen and oxygen atoms in total. The average Bonchev–Trinajstić information content (AvgIpc) is 3.32. The first kappa shape index (κ1) is 68.2. The second kappa shape index (κ2) is 52.1. The zero-order valence-electron chi connectivity index (χ0n) is 46.8. The van der Waals surface area contributed by atoms with Gasteiger partial charge in [0.05, 0.1) is 39.9 Å². The van der Waals surface area contributed by atoms with Crippen molar-refractivity contribution < 1.29 is 32.9 Å². The van der Waals surface area contributed by atoms with E-state index in [-0.39, 0.29) is 19.1 Å². The van der Waals surface area contributed by atoms with E-state index in [1.807, 2.05) is 21.1 Å². The number of phosphoric acid groups is 1. The van der Waals surface area contributed by atoms with E-state index in [0.29, 0.717) is 23.9 Å². The quantitative estimate of drug-likeness (QED) is 0.0243. The molecule has 0 aromatic carbocycles. The van der Waals surface area contributed by atoms with Crippen LogP contribution >= 0.6 is 7.82 Å². The van der Waals surface area contributed by atoms with Gasteiger partial charge in [-0.05, 0) is 57.8 Å². The molecule has 0 aliphatic heterocycles. The molecule has 0 spiro atoms. The Morgan fingerprint density at radius 2 is 0.857 bits per heavy atom. The third kappa shape index (κ3) is 54.0. The monoisotopic (exact) mass is 1000 g/mol. The highest BCUT2D eigenvalue weighted by Crippen LogP contribution is 2.43. The van der Waals surface area contributed by atoms with Crippen LogP contribution in [0, 0.1) is 0 Å². The predicted octanol–water partition coefficient (Wildman–Crippen LogP) is 18.1. The highest BCUT2D eigenvalue weighted by molar-refractivity contribution is 7.47. The van der Waals surface area contributed by atoms with Crippen molar-refractivity contribution in [2.75, 3.05) is 40.9 Å². The largest absolute Gasteiger partial charge is 0.472 e. The van der Waals surface area contributed by atoms with Gasteiger partial charge in [-0.15, -0.1) is 0 Å². The van der Waals surface area contributed by atoms with E-state index in [2.05, 4.69) is 79.9 Å². The molecule has 9 heteroatoms. The van der Waals surface area contributed by atoms with Crippen LogP contribution in [0.3, 0.4) is 0 Å². The molecular weight excluding hydrogens is 888 g/mol. The summed E-state index contributed by atoms with van der Waals surface area (Å²) in [6, 6.07) is -0.771. The van der Waals surface area contributed by atoms with Gasteiger partial charge in [-0.3, -0.25) is 13.8 Å². The number of quaternary nitrogens is 1. The van der Waals surface area contributed by atoms with Crippen LogP contribution in [0.15, 0.2) is 60.8 Å². The highest BCUT2D eigenvalue weighted by Gasteiger charge is 2.28. The minimum atomic E-state index is -4.33. The summed E-state index contributed by atoms with van der Waals surface area (Å²) in [5.41, 5.74) is 0. The summed E-state index contributed by atoms with van der Waals surface area (Å²) in [5, 5.41) is 14.1. The van der Waals surface area contributed by atoms with Crippen LogP contribution in [0.25, 0.3) is 0 Å². The molecule has 0 saturated heterocycles. The maximum atomic E-state index is 13.0. The van der Waals surface area contributed by atoms with Crippen molar-refractivity contribution >= 4 is 13.7 Å². The Hall–Kier alpha value is -1.80.